The lowest BCUT2D eigenvalue weighted by molar-refractivity contribution is 0.0697. The first-order valence-electron chi connectivity index (χ1n) is 7.98. The van der Waals surface area contributed by atoms with Crippen LogP contribution >= 0.6 is 39.7 Å². The molecule has 1 aliphatic heterocycles. The fourth-order valence-corrected chi connectivity index (χ4v) is 3.56. The van der Waals surface area contributed by atoms with Gasteiger partial charge in [-0.1, -0.05) is 45.7 Å². The lowest BCUT2D eigenvalue weighted by atomic mass is 10.00. The molecule has 3 rings (SSSR count). The Morgan fingerprint density at radius 1 is 1.23 bits per heavy atom. The summed E-state index contributed by atoms with van der Waals surface area (Å²) in [6.45, 7) is 1.53. The van der Waals surface area contributed by atoms with E-state index in [1.807, 2.05) is 12.1 Å². The van der Waals surface area contributed by atoms with Gasteiger partial charge >= 0.3 is 5.97 Å². The Balaban J connectivity index is 1.64. The fourth-order valence-electron chi connectivity index (χ4n) is 2.75. The summed E-state index contributed by atoms with van der Waals surface area (Å²) in [5.74, 6) is -1.05. The van der Waals surface area contributed by atoms with Gasteiger partial charge in [0.05, 0.1) is 10.6 Å². The number of anilines is 1. The maximum atomic E-state index is 11.0. The lowest BCUT2D eigenvalue weighted by Crippen LogP contribution is -2.37. The van der Waals surface area contributed by atoms with Gasteiger partial charge in [-0.2, -0.15) is 0 Å². The summed E-state index contributed by atoms with van der Waals surface area (Å²) in [5, 5.41) is 12.9. The summed E-state index contributed by atoms with van der Waals surface area (Å²) >= 11 is 14.9. The van der Waals surface area contributed by atoms with Gasteiger partial charge in [0.2, 0.25) is 0 Å². The number of carboxylic acid groups (broad SMARTS) is 1. The van der Waals surface area contributed by atoms with Crippen molar-refractivity contribution in [3.63, 3.8) is 0 Å². The smallest absolute Gasteiger partial charge is 0.337 e. The molecule has 134 valence electrons. The number of thiocarbonyl (C=S) groups is 1. The summed E-state index contributed by atoms with van der Waals surface area (Å²) in [4.78, 5) is 13.1. The van der Waals surface area contributed by atoms with Crippen molar-refractivity contribution in [2.45, 2.75) is 6.42 Å². The third-order valence-corrected chi connectivity index (χ3v) is 5.36. The van der Waals surface area contributed by atoms with E-state index in [-0.39, 0.29) is 10.6 Å². The highest BCUT2D eigenvalue weighted by atomic mass is 79.9. The van der Waals surface area contributed by atoms with Gasteiger partial charge in [-0.15, -0.1) is 0 Å². The van der Waals surface area contributed by atoms with E-state index in [9.17, 15) is 4.79 Å². The molecule has 0 aliphatic carbocycles. The first-order valence-corrected chi connectivity index (χ1v) is 9.55. The number of nitrogens with zero attached hydrogens (tertiary/aromatic N) is 1. The maximum absolute atomic E-state index is 11.0. The number of carbonyl (C=O) groups is 1. The van der Waals surface area contributed by atoms with Crippen LogP contribution in [-0.4, -0.2) is 34.2 Å². The molecular weight excluding hydrogens is 436 g/mol. The second kappa shape index (κ2) is 8.20. The second-order valence-electron chi connectivity index (χ2n) is 5.86. The van der Waals surface area contributed by atoms with E-state index >= 15 is 0 Å². The number of hydrogen-bond donors (Lipinski definition) is 2. The molecule has 0 amide bonds. The highest BCUT2D eigenvalue weighted by Crippen LogP contribution is 2.25. The minimum absolute atomic E-state index is 0.0724. The Morgan fingerprint density at radius 3 is 2.54 bits per heavy atom. The minimum Gasteiger partial charge on any atom is -0.478 e. The number of halogens is 2. The molecule has 2 aromatic rings. The Kier molecular flexibility index (Phi) is 5.96. The van der Waals surface area contributed by atoms with Gasteiger partial charge in [0, 0.05) is 23.2 Å². The zero-order chi connectivity index (χ0) is 18.7. The molecule has 0 atom stereocenters. The van der Waals surface area contributed by atoms with Crippen molar-refractivity contribution >= 4 is 62.1 Å². The van der Waals surface area contributed by atoms with Crippen LogP contribution in [0.3, 0.4) is 0 Å². The van der Waals surface area contributed by atoms with E-state index in [0.29, 0.717) is 10.8 Å². The van der Waals surface area contributed by atoms with Crippen LogP contribution in [0.4, 0.5) is 5.69 Å². The van der Waals surface area contributed by atoms with Crippen LogP contribution in [0.15, 0.2) is 53.0 Å². The van der Waals surface area contributed by atoms with E-state index in [4.69, 9.17) is 28.9 Å². The average Bonchev–Trinajstić information content (AvgIpc) is 2.62. The normalized spacial score (nSPS) is 13.9. The van der Waals surface area contributed by atoms with Crippen molar-refractivity contribution in [2.24, 2.45) is 0 Å². The van der Waals surface area contributed by atoms with Gasteiger partial charge < -0.3 is 15.3 Å². The van der Waals surface area contributed by atoms with E-state index in [0.717, 1.165) is 24.0 Å². The first-order chi connectivity index (χ1) is 12.4. The van der Waals surface area contributed by atoms with Crippen molar-refractivity contribution in [1.82, 2.24) is 4.90 Å². The Hall–Kier alpha value is -1.89. The molecule has 4 nitrogen and oxygen atoms in total. The number of carboxylic acids is 1. The molecule has 0 unspecified atom stereocenters. The van der Waals surface area contributed by atoms with Crippen LogP contribution in [0.25, 0.3) is 5.57 Å². The molecule has 1 heterocycles. The highest BCUT2D eigenvalue weighted by Gasteiger charge is 2.16. The minimum atomic E-state index is -1.05. The van der Waals surface area contributed by atoms with Crippen molar-refractivity contribution in [3.05, 3.63) is 69.2 Å². The Morgan fingerprint density at radius 2 is 1.96 bits per heavy atom. The van der Waals surface area contributed by atoms with Crippen molar-refractivity contribution < 1.29 is 9.90 Å². The van der Waals surface area contributed by atoms with Gasteiger partial charge in [0.15, 0.2) is 5.11 Å². The molecule has 0 fully saturated rings. The van der Waals surface area contributed by atoms with E-state index in [1.54, 1.807) is 12.1 Å². The van der Waals surface area contributed by atoms with E-state index in [1.165, 1.54) is 17.2 Å². The Bertz CT molecular complexity index is 884. The molecule has 0 radical (unpaired) electrons. The lowest BCUT2D eigenvalue weighted by Gasteiger charge is -2.29. The van der Waals surface area contributed by atoms with E-state index in [2.05, 4.69) is 44.4 Å². The molecular formula is C19H16BrClN2O2S. The summed E-state index contributed by atoms with van der Waals surface area (Å²) in [6.07, 6.45) is 3.09. The third-order valence-electron chi connectivity index (χ3n) is 4.16. The molecule has 2 aromatic carbocycles. The van der Waals surface area contributed by atoms with Crippen molar-refractivity contribution in [2.75, 3.05) is 18.4 Å². The van der Waals surface area contributed by atoms with Crippen LogP contribution in [0.5, 0.6) is 0 Å². The van der Waals surface area contributed by atoms with Crippen molar-refractivity contribution in [1.29, 1.82) is 0 Å². The third kappa shape index (κ3) is 4.44. The molecule has 2 N–H and O–H groups in total. The maximum Gasteiger partial charge on any atom is 0.337 e. The van der Waals surface area contributed by atoms with Crippen LogP contribution in [0.1, 0.15) is 22.3 Å². The Labute approximate surface area is 170 Å². The molecule has 0 saturated heterocycles. The fraction of sp³-hybridized carbons (Fsp3) is 0.158. The van der Waals surface area contributed by atoms with Gasteiger partial charge in [-0.3, -0.25) is 0 Å². The number of aromatic carboxylic acids is 1. The van der Waals surface area contributed by atoms with Gasteiger partial charge in [0.25, 0.3) is 0 Å². The van der Waals surface area contributed by atoms with Crippen molar-refractivity contribution in [3.8, 4) is 0 Å². The van der Waals surface area contributed by atoms with Crippen LogP contribution < -0.4 is 5.32 Å². The molecule has 0 aromatic heterocycles. The zero-order valence-corrected chi connectivity index (χ0v) is 16.9. The van der Waals surface area contributed by atoms with Crippen LogP contribution in [-0.2, 0) is 0 Å². The largest absolute Gasteiger partial charge is 0.478 e. The number of nitrogens with one attached hydrogen (secondary N) is 1. The zero-order valence-electron chi connectivity index (χ0n) is 13.7. The van der Waals surface area contributed by atoms with Crippen LogP contribution in [0.2, 0.25) is 5.02 Å². The molecule has 0 spiro atoms. The summed E-state index contributed by atoms with van der Waals surface area (Å²) < 4.78 is 1.07. The number of benzene rings is 2. The monoisotopic (exact) mass is 450 g/mol. The number of rotatable bonds is 3. The molecule has 0 bridgehead atoms. The van der Waals surface area contributed by atoms with Gasteiger partial charge in [-0.05, 0) is 60.1 Å². The average molecular weight is 452 g/mol. The highest BCUT2D eigenvalue weighted by molar-refractivity contribution is 9.10. The summed E-state index contributed by atoms with van der Waals surface area (Å²) in [6, 6.07) is 13.0. The second-order valence-corrected chi connectivity index (χ2v) is 7.57. The topological polar surface area (TPSA) is 52.6 Å². The van der Waals surface area contributed by atoms with Gasteiger partial charge in [0.1, 0.15) is 0 Å². The predicted octanol–water partition coefficient (Wildman–Crippen LogP) is 5.29. The standard InChI is InChI=1S/C19H16BrClN2O2S/c20-14-3-1-12(2-4-14)13-7-9-23(10-8-13)19(26)22-15-5-6-16(18(24)25)17(21)11-15/h1-7,11H,8-10H2,(H,22,26)(H,24,25). The molecule has 26 heavy (non-hydrogen) atoms. The first kappa shape index (κ1) is 18.9. The van der Waals surface area contributed by atoms with E-state index < -0.39 is 5.97 Å². The molecule has 0 saturated carbocycles. The molecule has 1 aliphatic rings. The molecule has 7 heteroatoms. The predicted molar refractivity (Wildman–Crippen MR) is 113 cm³/mol. The SMILES string of the molecule is O=C(O)c1ccc(NC(=S)N2CC=C(c3ccc(Br)cc3)CC2)cc1Cl. The number of hydrogen-bond acceptors (Lipinski definition) is 2. The van der Waals surface area contributed by atoms with Crippen LogP contribution in [0, 0.1) is 0 Å². The van der Waals surface area contributed by atoms with Gasteiger partial charge in [-0.25, -0.2) is 4.79 Å². The quantitative estimate of drug-likeness (QED) is 0.621. The summed E-state index contributed by atoms with van der Waals surface area (Å²) in [7, 11) is 0. The summed E-state index contributed by atoms with van der Waals surface area (Å²) in [5.41, 5.74) is 3.28.